The molecule has 2 rings (SSSR count). The average molecular weight is 226 g/mol. The number of tetrazole rings is 1. The summed E-state index contributed by atoms with van der Waals surface area (Å²) in [7, 11) is 0. The van der Waals surface area contributed by atoms with E-state index in [2.05, 4.69) is 15.5 Å². The highest BCUT2D eigenvalue weighted by atomic mass is 16.5. The van der Waals surface area contributed by atoms with Crippen molar-refractivity contribution < 1.29 is 14.6 Å². The fourth-order valence-corrected chi connectivity index (χ4v) is 1.89. The number of carbonyl (C=O) groups is 1. The maximum absolute atomic E-state index is 10.5. The fourth-order valence-electron chi connectivity index (χ4n) is 1.89. The Bertz CT molecular complexity index is 384. The molecule has 2 heterocycles. The van der Waals surface area contributed by atoms with Crippen molar-refractivity contribution in [3.05, 3.63) is 5.82 Å². The summed E-state index contributed by atoms with van der Waals surface area (Å²) in [6, 6.07) is 0. The molecule has 1 aliphatic heterocycles. The van der Waals surface area contributed by atoms with Gasteiger partial charge in [-0.25, -0.2) is 4.68 Å². The Balaban J connectivity index is 2.15. The summed E-state index contributed by atoms with van der Waals surface area (Å²) < 4.78 is 7.13. The average Bonchev–Trinajstić information content (AvgIpc) is 2.83. The standard InChI is InChI=1S/C9H14N4O3/c1-9(4-2-6-16-9)8-10-11-12-13(8)5-3-7(14)15/h2-6H2,1H3,(H,14,15). The molecule has 1 atom stereocenters. The first kappa shape index (κ1) is 11.0. The van der Waals surface area contributed by atoms with Crippen molar-refractivity contribution in [3.8, 4) is 0 Å². The molecular weight excluding hydrogens is 212 g/mol. The topological polar surface area (TPSA) is 90.1 Å². The minimum atomic E-state index is -0.862. The van der Waals surface area contributed by atoms with E-state index in [1.54, 1.807) is 0 Å². The van der Waals surface area contributed by atoms with E-state index in [0.29, 0.717) is 12.4 Å². The quantitative estimate of drug-likeness (QED) is 0.787. The van der Waals surface area contributed by atoms with Crippen LogP contribution >= 0.6 is 0 Å². The molecule has 7 heteroatoms. The summed E-state index contributed by atoms with van der Waals surface area (Å²) in [5, 5.41) is 19.9. The Kier molecular flexibility index (Phi) is 2.86. The lowest BCUT2D eigenvalue weighted by Crippen LogP contribution is -2.26. The van der Waals surface area contributed by atoms with Crippen molar-refractivity contribution in [2.24, 2.45) is 0 Å². The van der Waals surface area contributed by atoms with Gasteiger partial charge in [0.25, 0.3) is 0 Å². The number of aromatic nitrogens is 4. The molecule has 1 saturated heterocycles. The highest BCUT2D eigenvalue weighted by Gasteiger charge is 2.37. The number of carboxylic acids is 1. The summed E-state index contributed by atoms with van der Waals surface area (Å²) >= 11 is 0. The number of hydrogen-bond acceptors (Lipinski definition) is 5. The maximum Gasteiger partial charge on any atom is 0.305 e. The van der Waals surface area contributed by atoms with Crippen LogP contribution < -0.4 is 0 Å². The van der Waals surface area contributed by atoms with E-state index in [9.17, 15) is 4.79 Å². The van der Waals surface area contributed by atoms with Crippen molar-refractivity contribution in [2.75, 3.05) is 6.61 Å². The van der Waals surface area contributed by atoms with Crippen LogP contribution in [0.3, 0.4) is 0 Å². The molecule has 0 aliphatic carbocycles. The van der Waals surface area contributed by atoms with E-state index in [4.69, 9.17) is 9.84 Å². The number of carboxylic acid groups (broad SMARTS) is 1. The van der Waals surface area contributed by atoms with Crippen molar-refractivity contribution in [3.63, 3.8) is 0 Å². The molecule has 0 amide bonds. The molecule has 1 aromatic rings. The van der Waals surface area contributed by atoms with Crippen LogP contribution in [-0.4, -0.2) is 37.9 Å². The highest BCUT2D eigenvalue weighted by molar-refractivity contribution is 5.66. The summed E-state index contributed by atoms with van der Waals surface area (Å²) in [4.78, 5) is 10.5. The van der Waals surface area contributed by atoms with E-state index in [1.807, 2.05) is 6.92 Å². The van der Waals surface area contributed by atoms with Gasteiger partial charge in [0.05, 0.1) is 13.0 Å². The minimum absolute atomic E-state index is 0.00806. The molecule has 1 unspecified atom stereocenters. The minimum Gasteiger partial charge on any atom is -0.481 e. The SMILES string of the molecule is CC1(c2nnnn2CCC(=O)O)CCCO1. The van der Waals surface area contributed by atoms with Gasteiger partial charge >= 0.3 is 5.97 Å². The molecule has 88 valence electrons. The van der Waals surface area contributed by atoms with E-state index < -0.39 is 11.6 Å². The van der Waals surface area contributed by atoms with Gasteiger partial charge in [-0.05, 0) is 30.2 Å². The zero-order valence-corrected chi connectivity index (χ0v) is 9.09. The van der Waals surface area contributed by atoms with Crippen LogP contribution in [0.1, 0.15) is 32.0 Å². The predicted molar refractivity (Wildman–Crippen MR) is 52.6 cm³/mol. The monoisotopic (exact) mass is 226 g/mol. The summed E-state index contributed by atoms with van der Waals surface area (Å²) in [5.41, 5.74) is -0.470. The molecule has 7 nitrogen and oxygen atoms in total. The molecule has 0 spiro atoms. The van der Waals surface area contributed by atoms with Crippen molar-refractivity contribution in [2.45, 2.75) is 38.3 Å². The number of ether oxygens (including phenoxy) is 1. The lowest BCUT2D eigenvalue weighted by atomic mass is 10.0. The van der Waals surface area contributed by atoms with E-state index in [-0.39, 0.29) is 13.0 Å². The van der Waals surface area contributed by atoms with Crippen molar-refractivity contribution in [1.29, 1.82) is 0 Å². The van der Waals surface area contributed by atoms with Gasteiger partial charge in [-0.3, -0.25) is 4.79 Å². The fraction of sp³-hybridized carbons (Fsp3) is 0.778. The van der Waals surface area contributed by atoms with Crippen LogP contribution in [0.4, 0.5) is 0 Å². The number of hydrogen-bond donors (Lipinski definition) is 1. The molecule has 1 fully saturated rings. The van der Waals surface area contributed by atoms with Gasteiger partial charge in [-0.1, -0.05) is 0 Å². The second-order valence-electron chi connectivity index (χ2n) is 4.05. The Morgan fingerprint density at radius 2 is 2.50 bits per heavy atom. The van der Waals surface area contributed by atoms with Crippen LogP contribution in [0, 0.1) is 0 Å². The molecule has 1 N–H and O–H groups in total. The lowest BCUT2D eigenvalue weighted by Gasteiger charge is -2.21. The number of nitrogens with zero attached hydrogens (tertiary/aromatic N) is 4. The first-order chi connectivity index (χ1) is 7.62. The van der Waals surface area contributed by atoms with Crippen LogP contribution in [0.5, 0.6) is 0 Å². The second-order valence-corrected chi connectivity index (χ2v) is 4.05. The molecular formula is C9H14N4O3. The van der Waals surface area contributed by atoms with Gasteiger partial charge in [0, 0.05) is 6.61 Å². The smallest absolute Gasteiger partial charge is 0.305 e. The molecule has 0 aromatic carbocycles. The Labute approximate surface area is 92.4 Å². The zero-order chi connectivity index (χ0) is 11.6. The van der Waals surface area contributed by atoms with Crippen LogP contribution in [0.2, 0.25) is 0 Å². The highest BCUT2D eigenvalue weighted by Crippen LogP contribution is 2.33. The van der Waals surface area contributed by atoms with Gasteiger partial charge in [-0.2, -0.15) is 0 Å². The van der Waals surface area contributed by atoms with E-state index in [0.717, 1.165) is 12.8 Å². The van der Waals surface area contributed by atoms with Crippen LogP contribution in [0.25, 0.3) is 0 Å². The third-order valence-electron chi connectivity index (χ3n) is 2.76. The summed E-state index contributed by atoms with van der Waals surface area (Å²) in [6.07, 6.45) is 1.84. The van der Waals surface area contributed by atoms with Crippen molar-refractivity contribution >= 4 is 5.97 Å². The Morgan fingerprint density at radius 1 is 1.69 bits per heavy atom. The maximum atomic E-state index is 10.5. The normalized spacial score (nSPS) is 24.8. The molecule has 1 aliphatic rings. The molecule has 0 saturated carbocycles. The summed E-state index contributed by atoms with van der Waals surface area (Å²) in [6.45, 7) is 2.90. The number of aliphatic carboxylic acids is 1. The summed E-state index contributed by atoms with van der Waals surface area (Å²) in [5.74, 6) is -0.245. The second kappa shape index (κ2) is 4.17. The number of rotatable bonds is 4. The first-order valence-electron chi connectivity index (χ1n) is 5.24. The predicted octanol–water partition coefficient (Wildman–Crippen LogP) is 0.173. The third-order valence-corrected chi connectivity index (χ3v) is 2.76. The molecule has 0 radical (unpaired) electrons. The molecule has 1 aromatic heterocycles. The van der Waals surface area contributed by atoms with E-state index >= 15 is 0 Å². The van der Waals surface area contributed by atoms with Crippen molar-refractivity contribution in [1.82, 2.24) is 20.2 Å². The third kappa shape index (κ3) is 2.04. The number of aryl methyl sites for hydroxylation is 1. The van der Waals surface area contributed by atoms with E-state index in [1.165, 1.54) is 4.68 Å². The van der Waals surface area contributed by atoms with Gasteiger partial charge in [0.2, 0.25) is 0 Å². The zero-order valence-electron chi connectivity index (χ0n) is 9.09. The van der Waals surface area contributed by atoms with Crippen LogP contribution in [-0.2, 0) is 21.7 Å². The lowest BCUT2D eigenvalue weighted by molar-refractivity contribution is -0.137. The van der Waals surface area contributed by atoms with Crippen LogP contribution in [0.15, 0.2) is 0 Å². The van der Waals surface area contributed by atoms with Gasteiger partial charge in [0.15, 0.2) is 5.82 Å². The Hall–Kier alpha value is -1.50. The largest absolute Gasteiger partial charge is 0.481 e. The first-order valence-corrected chi connectivity index (χ1v) is 5.24. The molecule has 0 bridgehead atoms. The Morgan fingerprint density at radius 3 is 3.12 bits per heavy atom. The molecule has 16 heavy (non-hydrogen) atoms. The van der Waals surface area contributed by atoms with Gasteiger partial charge < -0.3 is 9.84 Å². The van der Waals surface area contributed by atoms with Gasteiger partial charge in [0.1, 0.15) is 5.60 Å². The van der Waals surface area contributed by atoms with Gasteiger partial charge in [-0.15, -0.1) is 5.10 Å².